The minimum atomic E-state index is 0.174. The molecular weight excluding hydrogens is 298 g/mol. The molecule has 0 bridgehead atoms. The Morgan fingerprint density at radius 2 is 2.08 bits per heavy atom. The molecule has 1 aliphatic heterocycles. The van der Waals surface area contributed by atoms with Gasteiger partial charge in [0.05, 0.1) is 12.2 Å². The van der Waals surface area contributed by atoms with Gasteiger partial charge in [0.2, 0.25) is 0 Å². The lowest BCUT2D eigenvalue weighted by Crippen LogP contribution is -2.50. The molecule has 1 aliphatic carbocycles. The average molecular weight is 329 g/mol. The molecule has 3 rings (SSSR count). The number of morpholine rings is 1. The van der Waals surface area contributed by atoms with Crippen molar-refractivity contribution in [2.75, 3.05) is 13.1 Å². The van der Waals surface area contributed by atoms with Crippen molar-refractivity contribution in [1.82, 2.24) is 4.90 Å². The van der Waals surface area contributed by atoms with E-state index in [1.807, 2.05) is 17.0 Å². The highest BCUT2D eigenvalue weighted by Gasteiger charge is 2.39. The molecule has 3 heteroatoms. The smallest absolute Gasteiger partial charge is 0.254 e. The first-order valence-corrected chi connectivity index (χ1v) is 9.63. The van der Waals surface area contributed by atoms with Gasteiger partial charge in [0.1, 0.15) is 0 Å². The van der Waals surface area contributed by atoms with E-state index in [1.165, 1.54) is 31.2 Å². The van der Waals surface area contributed by atoms with Crippen LogP contribution in [0.25, 0.3) is 0 Å². The molecule has 1 saturated heterocycles. The summed E-state index contributed by atoms with van der Waals surface area (Å²) < 4.78 is 6.30. The van der Waals surface area contributed by atoms with Gasteiger partial charge in [-0.2, -0.15) is 0 Å². The summed E-state index contributed by atoms with van der Waals surface area (Å²) in [7, 11) is 0. The molecule has 0 radical (unpaired) electrons. The van der Waals surface area contributed by atoms with E-state index in [0.29, 0.717) is 11.8 Å². The fourth-order valence-corrected chi connectivity index (χ4v) is 3.57. The maximum Gasteiger partial charge on any atom is 0.254 e. The second-order valence-electron chi connectivity index (χ2n) is 7.77. The van der Waals surface area contributed by atoms with Crippen LogP contribution in [0.4, 0.5) is 0 Å². The molecule has 0 spiro atoms. The van der Waals surface area contributed by atoms with Gasteiger partial charge in [-0.3, -0.25) is 4.79 Å². The van der Waals surface area contributed by atoms with Gasteiger partial charge in [-0.15, -0.1) is 0 Å². The van der Waals surface area contributed by atoms with Crippen molar-refractivity contribution in [3.8, 4) is 0 Å². The van der Waals surface area contributed by atoms with Crippen LogP contribution < -0.4 is 0 Å². The van der Waals surface area contributed by atoms with Crippen LogP contribution in [0.15, 0.2) is 24.3 Å². The fraction of sp³-hybridized carbons (Fsp3) is 0.667. The number of amides is 1. The number of nitrogens with zero attached hydrogens (tertiary/aromatic N) is 1. The van der Waals surface area contributed by atoms with Crippen LogP contribution in [0.5, 0.6) is 0 Å². The number of hydrogen-bond acceptors (Lipinski definition) is 2. The number of ether oxygens (including phenoxy) is 1. The summed E-state index contributed by atoms with van der Waals surface area (Å²) in [5.74, 6) is 1.29. The minimum absolute atomic E-state index is 0.174. The average Bonchev–Trinajstić information content (AvgIpc) is 3.44. The van der Waals surface area contributed by atoms with Crippen LogP contribution in [0.1, 0.15) is 74.7 Å². The normalized spacial score (nSPS) is 24.4. The first-order chi connectivity index (χ1) is 11.6. The van der Waals surface area contributed by atoms with Crippen molar-refractivity contribution in [2.24, 2.45) is 5.92 Å². The highest BCUT2D eigenvalue weighted by molar-refractivity contribution is 5.94. The summed E-state index contributed by atoms with van der Waals surface area (Å²) in [5.41, 5.74) is 2.06. The minimum Gasteiger partial charge on any atom is -0.371 e. The Kier molecular flexibility index (Phi) is 5.60. The third kappa shape index (κ3) is 4.18. The van der Waals surface area contributed by atoms with E-state index in [2.05, 4.69) is 32.9 Å². The van der Waals surface area contributed by atoms with E-state index in [9.17, 15) is 4.79 Å². The van der Waals surface area contributed by atoms with Gasteiger partial charge in [-0.05, 0) is 48.8 Å². The summed E-state index contributed by atoms with van der Waals surface area (Å²) in [4.78, 5) is 15.1. The van der Waals surface area contributed by atoms with Gasteiger partial charge in [0.15, 0.2) is 0 Å². The second-order valence-corrected chi connectivity index (χ2v) is 7.77. The Hall–Kier alpha value is -1.35. The highest BCUT2D eigenvalue weighted by Crippen LogP contribution is 2.37. The molecule has 1 amide bonds. The van der Waals surface area contributed by atoms with Crippen LogP contribution in [-0.2, 0) is 4.74 Å². The topological polar surface area (TPSA) is 29.5 Å². The monoisotopic (exact) mass is 329 g/mol. The molecule has 1 aromatic carbocycles. The largest absolute Gasteiger partial charge is 0.371 e. The summed E-state index contributed by atoms with van der Waals surface area (Å²) in [6, 6.07) is 8.14. The van der Waals surface area contributed by atoms with Gasteiger partial charge in [0, 0.05) is 18.7 Å². The molecule has 2 aliphatic rings. The van der Waals surface area contributed by atoms with Gasteiger partial charge in [-0.25, -0.2) is 0 Å². The summed E-state index contributed by atoms with van der Waals surface area (Å²) in [6.45, 7) is 8.05. The lowest BCUT2D eigenvalue weighted by atomic mass is 10.00. The first kappa shape index (κ1) is 17.5. The lowest BCUT2D eigenvalue weighted by molar-refractivity contribution is -0.0874. The quantitative estimate of drug-likeness (QED) is 0.762. The molecule has 2 atom stereocenters. The van der Waals surface area contributed by atoms with Crippen molar-refractivity contribution >= 4 is 5.91 Å². The number of carbonyl (C=O) groups excluding carboxylic acids is 1. The Morgan fingerprint density at radius 3 is 2.75 bits per heavy atom. The van der Waals surface area contributed by atoms with Gasteiger partial charge in [0.25, 0.3) is 5.91 Å². The third-order valence-corrected chi connectivity index (χ3v) is 5.31. The molecule has 1 heterocycles. The summed E-state index contributed by atoms with van der Waals surface area (Å²) in [5, 5.41) is 0. The molecule has 1 saturated carbocycles. The fourth-order valence-electron chi connectivity index (χ4n) is 3.57. The van der Waals surface area contributed by atoms with Crippen LogP contribution in [0.2, 0.25) is 0 Å². The van der Waals surface area contributed by atoms with Crippen LogP contribution >= 0.6 is 0 Å². The van der Waals surface area contributed by atoms with Crippen molar-refractivity contribution in [3.05, 3.63) is 35.4 Å². The van der Waals surface area contributed by atoms with Crippen molar-refractivity contribution in [1.29, 1.82) is 0 Å². The SMILES string of the molecule is CCCC[C@@H]1CN(C(=O)c2cccc(C(C)C)c2)C[C@H](C2CC2)O1. The van der Waals surface area contributed by atoms with Crippen LogP contribution in [0.3, 0.4) is 0 Å². The van der Waals surface area contributed by atoms with E-state index in [-0.39, 0.29) is 18.1 Å². The highest BCUT2D eigenvalue weighted by atomic mass is 16.5. The zero-order chi connectivity index (χ0) is 17.1. The van der Waals surface area contributed by atoms with E-state index in [1.54, 1.807) is 0 Å². The summed E-state index contributed by atoms with van der Waals surface area (Å²) in [6.07, 6.45) is 6.40. The van der Waals surface area contributed by atoms with Crippen LogP contribution in [0, 0.1) is 5.92 Å². The van der Waals surface area contributed by atoms with E-state index in [0.717, 1.165) is 25.1 Å². The Bertz CT molecular complexity index is 565. The summed E-state index contributed by atoms with van der Waals surface area (Å²) >= 11 is 0. The molecule has 3 nitrogen and oxygen atoms in total. The van der Waals surface area contributed by atoms with Crippen molar-refractivity contribution in [3.63, 3.8) is 0 Å². The Balaban J connectivity index is 1.73. The maximum atomic E-state index is 13.1. The van der Waals surface area contributed by atoms with Gasteiger partial charge < -0.3 is 9.64 Å². The number of rotatable bonds is 6. The second kappa shape index (κ2) is 7.69. The zero-order valence-electron chi connectivity index (χ0n) is 15.3. The predicted molar refractivity (Wildman–Crippen MR) is 97.3 cm³/mol. The lowest BCUT2D eigenvalue weighted by Gasteiger charge is -2.38. The van der Waals surface area contributed by atoms with Crippen molar-refractivity contribution < 1.29 is 9.53 Å². The maximum absolute atomic E-state index is 13.1. The number of unbranched alkanes of at least 4 members (excludes halogenated alkanes) is 1. The molecule has 1 aromatic rings. The van der Waals surface area contributed by atoms with Crippen LogP contribution in [-0.4, -0.2) is 36.1 Å². The molecule has 0 aromatic heterocycles. The first-order valence-electron chi connectivity index (χ1n) is 9.63. The molecule has 132 valence electrons. The Morgan fingerprint density at radius 1 is 1.29 bits per heavy atom. The van der Waals surface area contributed by atoms with E-state index >= 15 is 0 Å². The predicted octanol–water partition coefficient (Wildman–Crippen LogP) is 4.62. The van der Waals surface area contributed by atoms with E-state index < -0.39 is 0 Å². The van der Waals surface area contributed by atoms with Crippen molar-refractivity contribution in [2.45, 2.75) is 71.0 Å². The zero-order valence-corrected chi connectivity index (χ0v) is 15.3. The molecule has 2 fully saturated rings. The van der Waals surface area contributed by atoms with Gasteiger partial charge in [-0.1, -0.05) is 45.7 Å². The molecule has 0 N–H and O–H groups in total. The molecule has 0 unspecified atom stereocenters. The number of hydrogen-bond donors (Lipinski definition) is 0. The Labute approximate surface area is 146 Å². The molecular formula is C21H31NO2. The standard InChI is InChI=1S/C21H31NO2/c1-4-5-9-19-13-22(14-20(24-19)16-10-11-16)21(23)18-8-6-7-17(12-18)15(2)3/h6-8,12,15-16,19-20H,4-5,9-11,13-14H2,1-3H3/t19-,20-/m1/s1. The number of benzene rings is 1. The van der Waals surface area contributed by atoms with Gasteiger partial charge >= 0.3 is 0 Å². The third-order valence-electron chi connectivity index (χ3n) is 5.31. The van der Waals surface area contributed by atoms with E-state index in [4.69, 9.17) is 4.74 Å². The number of carbonyl (C=O) groups is 1. The molecule has 24 heavy (non-hydrogen) atoms.